The average Bonchev–Trinajstić information content (AvgIpc) is 2.53. The molecule has 1 aromatic carbocycles. The predicted octanol–water partition coefficient (Wildman–Crippen LogP) is 3.59. The van der Waals surface area contributed by atoms with Gasteiger partial charge in [0, 0.05) is 36.2 Å². The Hall–Kier alpha value is -3.06. The number of nitro benzene ring substituents is 1. The third-order valence-electron chi connectivity index (χ3n) is 3.22. The van der Waals surface area contributed by atoms with Crippen LogP contribution in [0.4, 0.5) is 11.5 Å². The van der Waals surface area contributed by atoms with Crippen molar-refractivity contribution in [3.05, 3.63) is 58.8 Å². The molecule has 1 N–H and O–H groups in total. The highest BCUT2D eigenvalue weighted by Gasteiger charge is 2.13. The van der Waals surface area contributed by atoms with E-state index in [0.29, 0.717) is 22.6 Å². The predicted molar refractivity (Wildman–Crippen MR) is 93.2 cm³/mol. The zero-order valence-electron chi connectivity index (χ0n) is 12.6. The van der Waals surface area contributed by atoms with Gasteiger partial charge < -0.3 is 5.32 Å². The van der Waals surface area contributed by atoms with Gasteiger partial charge in [-0.15, -0.1) is 12.4 Å². The zero-order chi connectivity index (χ0) is 16.4. The molecule has 0 unspecified atom stereocenters. The zero-order valence-corrected chi connectivity index (χ0v) is 13.4. The summed E-state index contributed by atoms with van der Waals surface area (Å²) in [4.78, 5) is 30.5. The Morgan fingerprint density at radius 1 is 1.21 bits per heavy atom. The minimum Gasteiger partial charge on any atom is -0.311 e. The maximum atomic E-state index is 11.3. The first-order valence-electron chi connectivity index (χ1n) is 6.83. The van der Waals surface area contributed by atoms with Gasteiger partial charge in [0.1, 0.15) is 5.82 Å². The van der Waals surface area contributed by atoms with E-state index in [0.717, 1.165) is 5.39 Å². The van der Waals surface area contributed by atoms with Crippen molar-refractivity contribution in [3.63, 3.8) is 0 Å². The van der Waals surface area contributed by atoms with Gasteiger partial charge in [-0.1, -0.05) is 18.2 Å². The van der Waals surface area contributed by atoms with E-state index in [2.05, 4.69) is 15.3 Å². The maximum absolute atomic E-state index is 11.3. The second-order valence-corrected chi connectivity index (χ2v) is 4.92. The molecular weight excluding hydrogens is 332 g/mol. The first kappa shape index (κ1) is 17.3. The third kappa shape index (κ3) is 3.47. The topological polar surface area (TPSA) is 98.0 Å². The Balaban J connectivity index is 0.00000208. The summed E-state index contributed by atoms with van der Waals surface area (Å²) < 4.78 is 0. The van der Waals surface area contributed by atoms with Crippen molar-refractivity contribution in [2.24, 2.45) is 0 Å². The van der Waals surface area contributed by atoms with E-state index in [9.17, 15) is 14.9 Å². The Morgan fingerprint density at radius 3 is 2.71 bits per heavy atom. The lowest BCUT2D eigenvalue weighted by Gasteiger charge is -2.09. The van der Waals surface area contributed by atoms with E-state index < -0.39 is 4.92 Å². The molecule has 8 heteroatoms. The first-order chi connectivity index (χ1) is 11.0. The fraction of sp³-hybridized carbons (Fsp3) is 0.0625. The molecule has 0 aliphatic heterocycles. The second-order valence-electron chi connectivity index (χ2n) is 4.92. The number of hydrogen-bond donors (Lipinski definition) is 1. The lowest BCUT2D eigenvalue weighted by Crippen LogP contribution is -2.08. The standard InChI is InChI=1S/C16H12N4O3.ClH/c1-10(21)18-14-9-12-5-3-7-17-15(12)16(19-14)11-4-2-6-13(8-11)20(22)23;/h2-9H,1H3,(H,18,19,21);1H. The second kappa shape index (κ2) is 7.01. The molecule has 3 rings (SSSR count). The van der Waals surface area contributed by atoms with Gasteiger partial charge in [0.15, 0.2) is 0 Å². The Bertz CT molecular complexity index is 930. The molecule has 2 aromatic heterocycles. The van der Waals surface area contributed by atoms with Gasteiger partial charge in [-0.25, -0.2) is 4.98 Å². The van der Waals surface area contributed by atoms with Crippen molar-refractivity contribution in [3.8, 4) is 11.3 Å². The summed E-state index contributed by atoms with van der Waals surface area (Å²) >= 11 is 0. The number of fused-ring (bicyclic) bond motifs is 1. The molecule has 0 fully saturated rings. The summed E-state index contributed by atoms with van der Waals surface area (Å²) in [6, 6.07) is 11.5. The van der Waals surface area contributed by atoms with Crippen molar-refractivity contribution in [2.45, 2.75) is 6.92 Å². The Labute approximate surface area is 143 Å². The molecule has 0 spiro atoms. The van der Waals surface area contributed by atoms with Crippen LogP contribution in [0.1, 0.15) is 6.92 Å². The number of nitro groups is 1. The number of benzene rings is 1. The summed E-state index contributed by atoms with van der Waals surface area (Å²) in [5.41, 5.74) is 1.63. The number of nitrogens with zero attached hydrogens (tertiary/aromatic N) is 3. The summed E-state index contributed by atoms with van der Waals surface area (Å²) in [6.45, 7) is 1.39. The molecule has 7 nitrogen and oxygen atoms in total. The fourth-order valence-corrected chi connectivity index (χ4v) is 2.30. The molecule has 0 saturated heterocycles. The number of aromatic nitrogens is 2. The molecule has 0 saturated carbocycles. The van der Waals surface area contributed by atoms with E-state index in [1.165, 1.54) is 19.1 Å². The Morgan fingerprint density at radius 2 is 2.00 bits per heavy atom. The molecule has 0 bridgehead atoms. The number of rotatable bonds is 3. The number of carbonyl (C=O) groups excluding carboxylic acids is 1. The molecule has 0 atom stereocenters. The van der Waals surface area contributed by atoms with Crippen molar-refractivity contribution >= 4 is 40.7 Å². The van der Waals surface area contributed by atoms with E-state index in [-0.39, 0.29) is 24.0 Å². The van der Waals surface area contributed by atoms with Crippen LogP contribution in [-0.2, 0) is 4.79 Å². The highest BCUT2D eigenvalue weighted by Crippen LogP contribution is 2.29. The summed E-state index contributed by atoms with van der Waals surface area (Å²) in [5, 5.41) is 14.4. The molecule has 0 aliphatic carbocycles. The van der Waals surface area contributed by atoms with Crippen LogP contribution in [0.15, 0.2) is 48.7 Å². The van der Waals surface area contributed by atoms with Crippen LogP contribution in [0.3, 0.4) is 0 Å². The van der Waals surface area contributed by atoms with Gasteiger partial charge in [-0.3, -0.25) is 19.9 Å². The number of carbonyl (C=O) groups is 1. The van der Waals surface area contributed by atoms with Crippen LogP contribution >= 0.6 is 12.4 Å². The van der Waals surface area contributed by atoms with E-state index >= 15 is 0 Å². The molecule has 3 aromatic rings. The smallest absolute Gasteiger partial charge is 0.270 e. The van der Waals surface area contributed by atoms with Gasteiger partial charge in [0.2, 0.25) is 5.91 Å². The summed E-state index contributed by atoms with van der Waals surface area (Å²) in [6.07, 6.45) is 1.63. The quantitative estimate of drug-likeness (QED) is 0.578. The maximum Gasteiger partial charge on any atom is 0.270 e. The largest absolute Gasteiger partial charge is 0.311 e. The summed E-state index contributed by atoms with van der Waals surface area (Å²) in [7, 11) is 0. The van der Waals surface area contributed by atoms with E-state index in [1.54, 1.807) is 30.5 Å². The van der Waals surface area contributed by atoms with Gasteiger partial charge in [0.05, 0.1) is 16.1 Å². The van der Waals surface area contributed by atoms with Crippen LogP contribution < -0.4 is 5.32 Å². The number of halogens is 1. The van der Waals surface area contributed by atoms with Crippen LogP contribution in [0, 0.1) is 10.1 Å². The fourth-order valence-electron chi connectivity index (χ4n) is 2.30. The molecule has 1 amide bonds. The van der Waals surface area contributed by atoms with Gasteiger partial charge in [-0.05, 0) is 12.1 Å². The number of anilines is 1. The Kier molecular flexibility index (Phi) is 5.05. The molecule has 0 aliphatic rings. The number of hydrogen-bond acceptors (Lipinski definition) is 5. The highest BCUT2D eigenvalue weighted by atomic mass is 35.5. The minimum absolute atomic E-state index is 0. The molecule has 2 heterocycles. The highest BCUT2D eigenvalue weighted by molar-refractivity contribution is 5.96. The first-order valence-corrected chi connectivity index (χ1v) is 6.83. The molecule has 0 radical (unpaired) electrons. The molecular formula is C16H13ClN4O3. The molecule has 122 valence electrons. The van der Waals surface area contributed by atoms with Crippen molar-refractivity contribution in [1.82, 2.24) is 9.97 Å². The normalized spacial score (nSPS) is 10.0. The average molecular weight is 345 g/mol. The lowest BCUT2D eigenvalue weighted by atomic mass is 10.1. The SMILES string of the molecule is CC(=O)Nc1cc2cccnc2c(-c2cccc([N+](=O)[O-])c2)n1.Cl. The van der Waals surface area contributed by atoms with Crippen molar-refractivity contribution in [1.29, 1.82) is 0 Å². The number of non-ortho nitro benzene ring substituents is 1. The van der Waals surface area contributed by atoms with Gasteiger partial charge >= 0.3 is 0 Å². The number of pyridine rings is 2. The number of nitrogens with one attached hydrogen (secondary N) is 1. The van der Waals surface area contributed by atoms with Crippen LogP contribution in [0.2, 0.25) is 0 Å². The van der Waals surface area contributed by atoms with Crippen LogP contribution in [0.25, 0.3) is 22.2 Å². The minimum atomic E-state index is -0.462. The van der Waals surface area contributed by atoms with Crippen LogP contribution in [-0.4, -0.2) is 20.8 Å². The van der Waals surface area contributed by atoms with Crippen molar-refractivity contribution in [2.75, 3.05) is 5.32 Å². The third-order valence-corrected chi connectivity index (χ3v) is 3.22. The van der Waals surface area contributed by atoms with E-state index in [4.69, 9.17) is 0 Å². The van der Waals surface area contributed by atoms with Gasteiger partial charge in [0.25, 0.3) is 5.69 Å². The lowest BCUT2D eigenvalue weighted by molar-refractivity contribution is -0.384. The number of amides is 1. The monoisotopic (exact) mass is 344 g/mol. The van der Waals surface area contributed by atoms with Crippen molar-refractivity contribution < 1.29 is 9.72 Å². The summed E-state index contributed by atoms with van der Waals surface area (Å²) in [5.74, 6) is 0.130. The van der Waals surface area contributed by atoms with Crippen LogP contribution in [0.5, 0.6) is 0 Å². The molecule has 24 heavy (non-hydrogen) atoms. The van der Waals surface area contributed by atoms with E-state index in [1.807, 2.05) is 6.07 Å². The van der Waals surface area contributed by atoms with Gasteiger partial charge in [-0.2, -0.15) is 0 Å².